The van der Waals surface area contributed by atoms with Gasteiger partial charge in [-0.05, 0) is 49.5 Å². The number of hydrogen-bond donors (Lipinski definition) is 2. The highest BCUT2D eigenvalue weighted by Crippen LogP contribution is 2.34. The lowest BCUT2D eigenvalue weighted by atomic mass is 10.1. The summed E-state index contributed by atoms with van der Waals surface area (Å²) in [6.45, 7) is 3.07. The lowest BCUT2D eigenvalue weighted by Crippen LogP contribution is -2.17. The van der Waals surface area contributed by atoms with Gasteiger partial charge in [0, 0.05) is 21.2 Å². The van der Waals surface area contributed by atoms with Gasteiger partial charge < -0.3 is 19.6 Å². The number of hydrogen-bond acceptors (Lipinski definition) is 6. The van der Waals surface area contributed by atoms with Crippen molar-refractivity contribution in [1.29, 1.82) is 0 Å². The van der Waals surface area contributed by atoms with Crippen molar-refractivity contribution in [3.05, 3.63) is 86.6 Å². The number of aromatic nitrogens is 3. The average molecular weight is 531 g/mol. The number of para-hydroxylation sites is 2. The number of ether oxygens (including phenoxy) is 3. The molecule has 0 fully saturated rings. The molecule has 0 amide bonds. The molecule has 1 aromatic heterocycles. The summed E-state index contributed by atoms with van der Waals surface area (Å²) >= 11 is 17.8. The van der Waals surface area contributed by atoms with Crippen LogP contribution >= 0.6 is 35.4 Å². The zero-order valence-corrected chi connectivity index (χ0v) is 21.5. The van der Waals surface area contributed by atoms with Crippen LogP contribution in [0.5, 0.6) is 17.2 Å². The number of methoxy groups -OCH3 is 1. The highest BCUT2D eigenvalue weighted by atomic mass is 35.5. The fourth-order valence-electron chi connectivity index (χ4n) is 3.54. The van der Waals surface area contributed by atoms with Crippen LogP contribution in [-0.2, 0) is 13.2 Å². The van der Waals surface area contributed by atoms with Gasteiger partial charge in [0.05, 0.1) is 25.8 Å². The summed E-state index contributed by atoms with van der Waals surface area (Å²) in [4.78, 5) is 0. The Morgan fingerprint density at radius 2 is 1.80 bits per heavy atom. The summed E-state index contributed by atoms with van der Waals surface area (Å²) in [5.74, 6) is 2.54. The number of aromatic amines is 1. The Morgan fingerprint density at radius 3 is 2.57 bits per heavy atom. The van der Waals surface area contributed by atoms with E-state index in [2.05, 4.69) is 15.6 Å². The molecule has 0 aliphatic heterocycles. The number of nitrogens with one attached hydrogen (secondary N) is 2. The molecular weight excluding hydrogens is 507 g/mol. The van der Waals surface area contributed by atoms with E-state index < -0.39 is 0 Å². The Morgan fingerprint density at radius 1 is 1.00 bits per heavy atom. The highest BCUT2D eigenvalue weighted by molar-refractivity contribution is 7.71. The summed E-state index contributed by atoms with van der Waals surface area (Å²) in [7, 11) is 1.62. The van der Waals surface area contributed by atoms with Gasteiger partial charge in [-0.1, -0.05) is 53.5 Å². The molecule has 0 bridgehead atoms. The predicted molar refractivity (Wildman–Crippen MR) is 141 cm³/mol. The van der Waals surface area contributed by atoms with Crippen LogP contribution in [0.15, 0.2) is 60.7 Å². The third-order valence-corrected chi connectivity index (χ3v) is 6.06. The first-order chi connectivity index (χ1) is 17.0. The molecule has 182 valence electrons. The second kappa shape index (κ2) is 11.5. The first kappa shape index (κ1) is 24.9. The number of rotatable bonds is 10. The second-order valence-electron chi connectivity index (χ2n) is 7.42. The molecule has 1 heterocycles. The Bertz CT molecular complexity index is 1370. The maximum Gasteiger partial charge on any atom is 0.214 e. The molecular formula is C25H24Cl2N4O3S. The molecule has 0 aliphatic carbocycles. The van der Waals surface area contributed by atoms with Crippen molar-refractivity contribution >= 4 is 35.4 Å². The maximum absolute atomic E-state index is 6.34. The Labute approximate surface area is 218 Å². The van der Waals surface area contributed by atoms with Crippen molar-refractivity contribution in [2.45, 2.75) is 20.1 Å². The molecule has 0 saturated heterocycles. The molecule has 0 radical (unpaired) electrons. The largest absolute Gasteiger partial charge is 0.496 e. The fourth-order valence-corrected chi connectivity index (χ4v) is 4.20. The summed E-state index contributed by atoms with van der Waals surface area (Å²) in [5.41, 5.74) is 5.82. The smallest absolute Gasteiger partial charge is 0.214 e. The predicted octanol–water partition coefficient (Wildman–Crippen LogP) is 6.64. The molecule has 0 atom stereocenters. The van der Waals surface area contributed by atoms with E-state index in [1.807, 2.05) is 55.5 Å². The number of H-pyrrole nitrogens is 1. The first-order valence-electron chi connectivity index (χ1n) is 10.9. The first-order valence-corrected chi connectivity index (χ1v) is 12.0. The van der Waals surface area contributed by atoms with Crippen LogP contribution in [0.25, 0.3) is 11.4 Å². The van der Waals surface area contributed by atoms with Crippen molar-refractivity contribution in [3.8, 4) is 28.6 Å². The van der Waals surface area contributed by atoms with Crippen LogP contribution in [0.4, 0.5) is 0 Å². The molecule has 0 spiro atoms. The van der Waals surface area contributed by atoms with Crippen LogP contribution in [0.1, 0.15) is 18.1 Å². The lowest BCUT2D eigenvalue weighted by molar-refractivity contribution is 0.267. The Kier molecular flexibility index (Phi) is 8.17. The van der Waals surface area contributed by atoms with Crippen molar-refractivity contribution in [2.24, 2.45) is 0 Å². The summed E-state index contributed by atoms with van der Waals surface area (Å²) in [6.07, 6.45) is 0. The average Bonchev–Trinajstić information content (AvgIpc) is 3.23. The van der Waals surface area contributed by atoms with Gasteiger partial charge in [0.1, 0.15) is 12.4 Å². The molecule has 7 nitrogen and oxygen atoms in total. The van der Waals surface area contributed by atoms with Crippen LogP contribution in [0.2, 0.25) is 10.0 Å². The van der Waals surface area contributed by atoms with E-state index in [9.17, 15) is 0 Å². The normalized spacial score (nSPS) is 10.7. The van der Waals surface area contributed by atoms with Gasteiger partial charge in [0.2, 0.25) is 4.77 Å². The maximum atomic E-state index is 6.34. The van der Waals surface area contributed by atoms with Gasteiger partial charge in [-0.15, -0.1) is 0 Å². The minimum absolute atomic E-state index is 0.255. The molecule has 10 heteroatoms. The fraction of sp³-hybridized carbons (Fsp3) is 0.200. The van der Waals surface area contributed by atoms with Gasteiger partial charge in [-0.3, -0.25) is 0 Å². The van der Waals surface area contributed by atoms with Crippen molar-refractivity contribution in [1.82, 2.24) is 14.9 Å². The number of benzene rings is 3. The quantitative estimate of drug-likeness (QED) is 0.224. The number of halogens is 2. The summed E-state index contributed by atoms with van der Waals surface area (Å²) in [5, 5.41) is 8.34. The molecule has 35 heavy (non-hydrogen) atoms. The molecule has 4 aromatic rings. The van der Waals surface area contributed by atoms with Gasteiger partial charge in [-0.2, -0.15) is 5.10 Å². The standard InChI is InChI=1S/C25H24Cl2N4O3S/c1-3-33-22-10-6-7-16(23(22)34-15-17-11-12-18(26)13-20(17)27)14-28-31-24(29-30-25(31)35)19-8-4-5-9-21(19)32-2/h4-13,28H,3,14-15H2,1-2H3,(H,30,35). The Balaban J connectivity index is 1.61. The topological polar surface area (TPSA) is 73.3 Å². The minimum Gasteiger partial charge on any atom is -0.496 e. The van der Waals surface area contributed by atoms with Crippen LogP contribution in [-0.4, -0.2) is 28.6 Å². The minimum atomic E-state index is 0.255. The molecule has 2 N–H and O–H groups in total. The third kappa shape index (κ3) is 5.73. The third-order valence-electron chi connectivity index (χ3n) is 5.20. The van der Waals surface area contributed by atoms with E-state index in [4.69, 9.17) is 49.6 Å². The monoisotopic (exact) mass is 530 g/mol. The zero-order valence-electron chi connectivity index (χ0n) is 19.2. The van der Waals surface area contributed by atoms with Crippen LogP contribution < -0.4 is 19.6 Å². The van der Waals surface area contributed by atoms with Gasteiger partial charge >= 0.3 is 0 Å². The van der Waals surface area contributed by atoms with E-state index in [1.54, 1.807) is 23.9 Å². The molecule has 0 unspecified atom stereocenters. The van der Waals surface area contributed by atoms with E-state index in [1.165, 1.54) is 0 Å². The lowest BCUT2D eigenvalue weighted by Gasteiger charge is -2.18. The van der Waals surface area contributed by atoms with E-state index >= 15 is 0 Å². The molecule has 3 aromatic carbocycles. The van der Waals surface area contributed by atoms with E-state index in [-0.39, 0.29) is 6.61 Å². The van der Waals surface area contributed by atoms with Crippen molar-refractivity contribution in [2.75, 3.05) is 19.1 Å². The van der Waals surface area contributed by atoms with Gasteiger partial charge in [-0.25, -0.2) is 9.77 Å². The van der Waals surface area contributed by atoms with Crippen molar-refractivity contribution in [3.63, 3.8) is 0 Å². The van der Waals surface area contributed by atoms with Crippen LogP contribution in [0.3, 0.4) is 0 Å². The van der Waals surface area contributed by atoms with Crippen molar-refractivity contribution < 1.29 is 14.2 Å². The van der Waals surface area contributed by atoms with Crippen LogP contribution in [0, 0.1) is 4.77 Å². The van der Waals surface area contributed by atoms with Gasteiger partial charge in [0.25, 0.3) is 0 Å². The number of nitrogens with zero attached hydrogens (tertiary/aromatic N) is 2. The van der Waals surface area contributed by atoms with E-state index in [0.29, 0.717) is 51.0 Å². The zero-order chi connectivity index (χ0) is 24.8. The molecule has 0 saturated carbocycles. The summed E-state index contributed by atoms with van der Waals surface area (Å²) in [6, 6.07) is 18.7. The highest BCUT2D eigenvalue weighted by Gasteiger charge is 2.16. The van der Waals surface area contributed by atoms with Gasteiger partial charge in [0.15, 0.2) is 17.3 Å². The Hall–Kier alpha value is -3.20. The SMILES string of the molecule is CCOc1cccc(CNn2c(-c3ccccc3OC)n[nH]c2=S)c1OCc1ccc(Cl)cc1Cl. The second-order valence-corrected chi connectivity index (χ2v) is 8.66. The summed E-state index contributed by atoms with van der Waals surface area (Å²) < 4.78 is 19.7. The molecule has 0 aliphatic rings. The van der Waals surface area contributed by atoms with E-state index in [0.717, 1.165) is 16.7 Å². The molecule has 4 rings (SSSR count).